The quantitative estimate of drug-likeness (QED) is 0.390. The molecular formula is C25H23N3O5. The number of primary amides is 1. The maximum absolute atomic E-state index is 11.5. The summed E-state index contributed by atoms with van der Waals surface area (Å²) in [4.78, 5) is 31.0. The fourth-order valence-electron chi connectivity index (χ4n) is 3.14. The molecular weight excluding hydrogens is 422 g/mol. The summed E-state index contributed by atoms with van der Waals surface area (Å²) >= 11 is 0. The van der Waals surface area contributed by atoms with Crippen LogP contribution in [0.4, 0.5) is 0 Å². The third kappa shape index (κ3) is 5.43. The first kappa shape index (κ1) is 23.2. The largest absolute Gasteiger partial charge is 0.490 e. The second-order valence-corrected chi connectivity index (χ2v) is 6.87. The van der Waals surface area contributed by atoms with Gasteiger partial charge in [-0.1, -0.05) is 19.6 Å². The zero-order valence-corrected chi connectivity index (χ0v) is 16.9. The minimum Gasteiger partial charge on any atom is -0.490 e. The maximum atomic E-state index is 11.5. The smallest absolute Gasteiger partial charge is 0.335 e. The number of nitrogens with zero attached hydrogens (tertiary/aromatic N) is 2. The normalized spacial score (nSPS) is 10.3. The van der Waals surface area contributed by atoms with Crippen molar-refractivity contribution in [2.45, 2.75) is 7.43 Å². The molecule has 0 saturated carbocycles. The number of carboxylic acids is 1. The Balaban J connectivity index is 0.00000306. The summed E-state index contributed by atoms with van der Waals surface area (Å²) in [5.74, 6) is -0.331. The number of amides is 1. The van der Waals surface area contributed by atoms with Crippen molar-refractivity contribution in [2.75, 3.05) is 13.2 Å². The average Bonchev–Trinajstić information content (AvgIpc) is 2.82. The summed E-state index contributed by atoms with van der Waals surface area (Å²) in [6.07, 6.45) is 3.38. The van der Waals surface area contributed by atoms with E-state index in [1.807, 2.05) is 24.3 Å². The van der Waals surface area contributed by atoms with Crippen LogP contribution in [-0.4, -0.2) is 40.2 Å². The highest BCUT2D eigenvalue weighted by Gasteiger charge is 2.10. The van der Waals surface area contributed by atoms with Crippen molar-refractivity contribution in [1.82, 2.24) is 9.97 Å². The van der Waals surface area contributed by atoms with Crippen LogP contribution in [0.2, 0.25) is 0 Å². The van der Waals surface area contributed by atoms with E-state index in [2.05, 4.69) is 9.97 Å². The molecule has 0 atom stereocenters. The molecule has 8 nitrogen and oxygen atoms in total. The highest BCUT2D eigenvalue weighted by Crippen LogP contribution is 2.28. The first-order valence-electron chi connectivity index (χ1n) is 9.75. The lowest BCUT2D eigenvalue weighted by Crippen LogP contribution is -2.12. The Bertz CT molecular complexity index is 1270. The molecule has 0 aliphatic carbocycles. The maximum Gasteiger partial charge on any atom is 0.335 e. The zero-order valence-electron chi connectivity index (χ0n) is 16.9. The lowest BCUT2D eigenvalue weighted by molar-refractivity contribution is 0.0696. The van der Waals surface area contributed by atoms with E-state index >= 15 is 0 Å². The summed E-state index contributed by atoms with van der Waals surface area (Å²) in [5, 5.41) is 9.71. The van der Waals surface area contributed by atoms with Crippen LogP contribution in [0.3, 0.4) is 0 Å². The van der Waals surface area contributed by atoms with Crippen LogP contribution in [-0.2, 0) is 0 Å². The van der Waals surface area contributed by atoms with Crippen molar-refractivity contribution in [3.8, 4) is 22.6 Å². The van der Waals surface area contributed by atoms with Crippen molar-refractivity contribution in [3.05, 3.63) is 84.3 Å². The topological polar surface area (TPSA) is 125 Å². The van der Waals surface area contributed by atoms with E-state index in [9.17, 15) is 9.59 Å². The van der Waals surface area contributed by atoms with Crippen LogP contribution in [0.1, 0.15) is 28.3 Å². The fraction of sp³-hybridized carbons (Fsp3) is 0.120. The Kier molecular flexibility index (Phi) is 7.20. The number of aromatic nitrogens is 2. The number of ether oxygens (including phenoxy) is 2. The molecule has 4 rings (SSSR count). The number of hydrogen-bond donors (Lipinski definition) is 2. The standard InChI is InChI=1S/C24H19N3O5.CH4/c25-23(28)21-10-5-17-13-26-14-20(22(17)27-21)15-1-6-18(7-2-15)31-11-12-32-19-8-3-16(4-9-19)24(29)30;/h1-10,13-14H,11-12H2,(H2,25,28)(H,29,30);1H4. The number of hydrogen-bond acceptors (Lipinski definition) is 6. The highest BCUT2D eigenvalue weighted by atomic mass is 16.5. The van der Waals surface area contributed by atoms with Gasteiger partial charge in [0, 0.05) is 23.3 Å². The molecule has 33 heavy (non-hydrogen) atoms. The zero-order chi connectivity index (χ0) is 22.5. The van der Waals surface area contributed by atoms with E-state index in [1.165, 1.54) is 12.1 Å². The predicted octanol–water partition coefficient (Wildman–Crippen LogP) is 4.19. The summed E-state index contributed by atoms with van der Waals surface area (Å²) in [6, 6.07) is 17.0. The summed E-state index contributed by atoms with van der Waals surface area (Å²) < 4.78 is 11.3. The molecule has 0 unspecified atom stereocenters. The van der Waals surface area contributed by atoms with Crippen molar-refractivity contribution in [3.63, 3.8) is 0 Å². The monoisotopic (exact) mass is 445 g/mol. The molecule has 2 aromatic heterocycles. The summed E-state index contributed by atoms with van der Waals surface area (Å²) in [6.45, 7) is 0.626. The van der Waals surface area contributed by atoms with E-state index in [1.54, 1.807) is 36.7 Å². The molecule has 0 spiro atoms. The molecule has 0 fully saturated rings. The van der Waals surface area contributed by atoms with Gasteiger partial charge in [-0.2, -0.15) is 0 Å². The number of rotatable bonds is 8. The Hall–Kier alpha value is -4.46. The van der Waals surface area contributed by atoms with Gasteiger partial charge in [-0.3, -0.25) is 9.78 Å². The van der Waals surface area contributed by atoms with Crippen LogP contribution in [0.25, 0.3) is 22.0 Å². The minimum absolute atomic E-state index is 0. The SMILES string of the molecule is C.NC(=O)c1ccc2cncc(-c3ccc(OCCOc4ccc(C(=O)O)cc4)cc3)c2n1. The van der Waals surface area contributed by atoms with Gasteiger partial charge in [-0.25, -0.2) is 9.78 Å². The lowest BCUT2D eigenvalue weighted by Gasteiger charge is -2.10. The Morgan fingerprint density at radius 3 is 2.03 bits per heavy atom. The first-order valence-corrected chi connectivity index (χ1v) is 9.75. The van der Waals surface area contributed by atoms with Gasteiger partial charge in [0.05, 0.1) is 11.1 Å². The van der Waals surface area contributed by atoms with Crippen LogP contribution < -0.4 is 15.2 Å². The number of aromatic carboxylic acids is 1. The van der Waals surface area contributed by atoms with E-state index in [0.717, 1.165) is 16.5 Å². The van der Waals surface area contributed by atoms with Gasteiger partial charge in [-0.05, 0) is 54.1 Å². The Morgan fingerprint density at radius 1 is 0.848 bits per heavy atom. The first-order chi connectivity index (χ1) is 15.5. The number of carboxylic acid groups (broad SMARTS) is 1. The second-order valence-electron chi connectivity index (χ2n) is 6.87. The predicted molar refractivity (Wildman–Crippen MR) is 125 cm³/mol. The molecule has 4 aromatic rings. The van der Waals surface area contributed by atoms with E-state index in [0.29, 0.717) is 30.2 Å². The van der Waals surface area contributed by atoms with Crippen LogP contribution in [0.15, 0.2) is 73.1 Å². The van der Waals surface area contributed by atoms with Crippen LogP contribution >= 0.6 is 0 Å². The number of nitrogens with two attached hydrogens (primary N) is 1. The molecule has 8 heteroatoms. The van der Waals surface area contributed by atoms with Gasteiger partial charge in [0.1, 0.15) is 30.4 Å². The molecule has 1 amide bonds. The molecule has 0 aliphatic heterocycles. The summed E-state index contributed by atoms with van der Waals surface area (Å²) in [7, 11) is 0. The van der Waals surface area contributed by atoms with Gasteiger partial charge < -0.3 is 20.3 Å². The van der Waals surface area contributed by atoms with Gasteiger partial charge in [0.15, 0.2) is 0 Å². The molecule has 0 radical (unpaired) electrons. The van der Waals surface area contributed by atoms with Crippen molar-refractivity contribution >= 4 is 22.8 Å². The number of carbonyl (C=O) groups is 2. The van der Waals surface area contributed by atoms with Crippen molar-refractivity contribution < 1.29 is 24.2 Å². The highest BCUT2D eigenvalue weighted by molar-refractivity contribution is 5.97. The molecule has 2 heterocycles. The summed E-state index contributed by atoms with van der Waals surface area (Å²) in [5.41, 5.74) is 8.06. The van der Waals surface area contributed by atoms with E-state index in [4.69, 9.17) is 20.3 Å². The van der Waals surface area contributed by atoms with Gasteiger partial charge in [0.25, 0.3) is 5.91 Å². The molecule has 0 saturated heterocycles. The molecule has 0 bridgehead atoms. The fourth-order valence-corrected chi connectivity index (χ4v) is 3.14. The number of benzene rings is 2. The molecule has 2 aromatic carbocycles. The number of pyridine rings is 2. The molecule has 3 N–H and O–H groups in total. The van der Waals surface area contributed by atoms with Gasteiger partial charge in [0.2, 0.25) is 0 Å². The molecule has 168 valence electrons. The van der Waals surface area contributed by atoms with Crippen LogP contribution in [0, 0.1) is 0 Å². The average molecular weight is 445 g/mol. The van der Waals surface area contributed by atoms with Gasteiger partial charge >= 0.3 is 5.97 Å². The number of fused-ring (bicyclic) bond motifs is 1. The third-order valence-electron chi connectivity index (χ3n) is 4.74. The third-order valence-corrected chi connectivity index (χ3v) is 4.74. The van der Waals surface area contributed by atoms with Crippen molar-refractivity contribution in [1.29, 1.82) is 0 Å². The Labute approximate surface area is 190 Å². The van der Waals surface area contributed by atoms with E-state index < -0.39 is 11.9 Å². The minimum atomic E-state index is -0.980. The number of carbonyl (C=O) groups excluding carboxylic acids is 1. The molecule has 0 aliphatic rings. The Morgan fingerprint density at radius 2 is 1.45 bits per heavy atom. The lowest BCUT2D eigenvalue weighted by atomic mass is 10.0. The van der Waals surface area contributed by atoms with Crippen molar-refractivity contribution in [2.24, 2.45) is 5.73 Å². The van der Waals surface area contributed by atoms with E-state index in [-0.39, 0.29) is 18.7 Å². The van der Waals surface area contributed by atoms with Crippen LogP contribution in [0.5, 0.6) is 11.5 Å². The second kappa shape index (κ2) is 10.2. The van der Waals surface area contributed by atoms with Gasteiger partial charge in [-0.15, -0.1) is 0 Å².